The standard InChI is InChI=1S/C16H22N4/c1-20-14(12-18-19-20)15(17)16(10-6-3-7-11-16)13-8-4-2-5-9-13/h2,4-5,8-9,12,15H,3,6-7,10-11,17H2,1H3. The van der Waals surface area contributed by atoms with Crippen molar-refractivity contribution in [3.63, 3.8) is 0 Å². The van der Waals surface area contributed by atoms with E-state index in [4.69, 9.17) is 5.73 Å². The minimum absolute atomic E-state index is 0.0228. The molecule has 2 aromatic rings. The van der Waals surface area contributed by atoms with E-state index in [9.17, 15) is 0 Å². The summed E-state index contributed by atoms with van der Waals surface area (Å²) in [6, 6.07) is 10.7. The van der Waals surface area contributed by atoms with E-state index in [-0.39, 0.29) is 11.5 Å². The predicted octanol–water partition coefficient (Wildman–Crippen LogP) is 2.72. The highest BCUT2D eigenvalue weighted by molar-refractivity contribution is 5.31. The second-order valence-corrected chi connectivity index (χ2v) is 5.84. The average molecular weight is 270 g/mol. The summed E-state index contributed by atoms with van der Waals surface area (Å²) in [7, 11) is 1.92. The van der Waals surface area contributed by atoms with Gasteiger partial charge in [0.05, 0.1) is 17.9 Å². The van der Waals surface area contributed by atoms with E-state index in [1.165, 1.54) is 24.8 Å². The molecule has 0 saturated heterocycles. The van der Waals surface area contributed by atoms with Gasteiger partial charge in [-0.25, -0.2) is 0 Å². The van der Waals surface area contributed by atoms with Crippen LogP contribution >= 0.6 is 0 Å². The number of aromatic nitrogens is 3. The van der Waals surface area contributed by atoms with Crippen LogP contribution in [0.2, 0.25) is 0 Å². The highest BCUT2D eigenvalue weighted by Crippen LogP contribution is 2.46. The second kappa shape index (κ2) is 5.37. The van der Waals surface area contributed by atoms with Crippen LogP contribution in [0.5, 0.6) is 0 Å². The van der Waals surface area contributed by atoms with Crippen LogP contribution in [0, 0.1) is 0 Å². The van der Waals surface area contributed by atoms with Crippen LogP contribution in [0.1, 0.15) is 49.4 Å². The molecule has 1 heterocycles. The number of aryl methyl sites for hydroxylation is 1. The molecule has 0 bridgehead atoms. The summed E-state index contributed by atoms with van der Waals surface area (Å²) in [5.41, 5.74) is 9.08. The molecular weight excluding hydrogens is 248 g/mol. The van der Waals surface area contributed by atoms with Gasteiger partial charge < -0.3 is 5.73 Å². The number of hydrogen-bond acceptors (Lipinski definition) is 3. The Labute approximate surface area is 120 Å². The SMILES string of the molecule is Cn1nncc1C(N)C1(c2ccccc2)CCCCC1. The van der Waals surface area contributed by atoms with Gasteiger partial charge in [0.1, 0.15) is 0 Å². The van der Waals surface area contributed by atoms with Crippen molar-refractivity contribution >= 4 is 0 Å². The molecule has 0 aliphatic heterocycles. The Bertz CT molecular complexity index is 555. The molecule has 0 amide bonds. The van der Waals surface area contributed by atoms with Crippen molar-refractivity contribution in [1.82, 2.24) is 15.0 Å². The first-order chi connectivity index (χ1) is 9.74. The lowest BCUT2D eigenvalue weighted by Crippen LogP contribution is -2.41. The molecule has 1 saturated carbocycles. The fourth-order valence-corrected chi connectivity index (χ4v) is 3.59. The first-order valence-electron chi connectivity index (χ1n) is 7.40. The number of rotatable bonds is 3. The summed E-state index contributed by atoms with van der Waals surface area (Å²) < 4.78 is 1.81. The molecule has 0 spiro atoms. The maximum Gasteiger partial charge on any atom is 0.0760 e. The molecule has 4 nitrogen and oxygen atoms in total. The molecule has 1 unspecified atom stereocenters. The van der Waals surface area contributed by atoms with Crippen molar-refractivity contribution < 1.29 is 0 Å². The molecule has 1 aliphatic carbocycles. The van der Waals surface area contributed by atoms with E-state index in [0.717, 1.165) is 18.5 Å². The average Bonchev–Trinajstić information content (AvgIpc) is 2.94. The number of nitrogens with two attached hydrogens (primary N) is 1. The minimum Gasteiger partial charge on any atom is -0.322 e. The summed E-state index contributed by atoms with van der Waals surface area (Å²) in [6.45, 7) is 0. The molecule has 3 rings (SSSR count). The fourth-order valence-electron chi connectivity index (χ4n) is 3.59. The number of benzene rings is 1. The van der Waals surface area contributed by atoms with E-state index >= 15 is 0 Å². The van der Waals surface area contributed by atoms with Gasteiger partial charge in [-0.3, -0.25) is 4.68 Å². The fraction of sp³-hybridized carbons (Fsp3) is 0.500. The maximum atomic E-state index is 6.68. The van der Waals surface area contributed by atoms with Gasteiger partial charge in [0.15, 0.2) is 0 Å². The molecule has 1 aromatic carbocycles. The highest BCUT2D eigenvalue weighted by Gasteiger charge is 2.41. The maximum absolute atomic E-state index is 6.68. The van der Waals surface area contributed by atoms with Gasteiger partial charge in [-0.2, -0.15) is 0 Å². The van der Waals surface area contributed by atoms with E-state index in [2.05, 4.69) is 40.6 Å². The van der Waals surface area contributed by atoms with E-state index in [0.29, 0.717) is 0 Å². The zero-order valence-electron chi connectivity index (χ0n) is 12.0. The topological polar surface area (TPSA) is 56.7 Å². The molecular formula is C16H22N4. The van der Waals surface area contributed by atoms with Gasteiger partial charge in [0, 0.05) is 12.5 Å². The van der Waals surface area contributed by atoms with Crippen molar-refractivity contribution in [2.24, 2.45) is 12.8 Å². The molecule has 1 fully saturated rings. The summed E-state index contributed by atoms with van der Waals surface area (Å²) in [4.78, 5) is 0. The molecule has 106 valence electrons. The van der Waals surface area contributed by atoms with Gasteiger partial charge in [-0.05, 0) is 18.4 Å². The normalized spacial score (nSPS) is 19.7. The summed E-state index contributed by atoms with van der Waals surface area (Å²) >= 11 is 0. The number of hydrogen-bond donors (Lipinski definition) is 1. The van der Waals surface area contributed by atoms with Crippen LogP contribution < -0.4 is 5.73 Å². The van der Waals surface area contributed by atoms with Gasteiger partial charge in [0.25, 0.3) is 0 Å². The van der Waals surface area contributed by atoms with Crippen molar-refractivity contribution in [1.29, 1.82) is 0 Å². The van der Waals surface area contributed by atoms with Crippen LogP contribution in [-0.2, 0) is 12.5 Å². The molecule has 1 aliphatic rings. The lowest BCUT2D eigenvalue weighted by atomic mass is 9.64. The van der Waals surface area contributed by atoms with Crippen molar-refractivity contribution in [3.8, 4) is 0 Å². The van der Waals surface area contributed by atoms with Crippen molar-refractivity contribution in [2.75, 3.05) is 0 Å². The van der Waals surface area contributed by atoms with Crippen LogP contribution in [0.4, 0.5) is 0 Å². The zero-order valence-corrected chi connectivity index (χ0v) is 12.0. The lowest BCUT2D eigenvalue weighted by molar-refractivity contribution is 0.237. The third-order valence-corrected chi connectivity index (χ3v) is 4.76. The Morgan fingerprint density at radius 3 is 2.45 bits per heavy atom. The zero-order chi connectivity index (χ0) is 14.0. The quantitative estimate of drug-likeness (QED) is 0.933. The third kappa shape index (κ3) is 2.14. The second-order valence-electron chi connectivity index (χ2n) is 5.84. The first-order valence-corrected chi connectivity index (χ1v) is 7.40. The number of nitrogens with zero attached hydrogens (tertiary/aromatic N) is 3. The monoisotopic (exact) mass is 270 g/mol. The van der Waals surface area contributed by atoms with E-state index in [1.54, 1.807) is 0 Å². The summed E-state index contributed by atoms with van der Waals surface area (Å²) in [5, 5.41) is 8.04. The van der Waals surface area contributed by atoms with Crippen molar-refractivity contribution in [3.05, 3.63) is 47.8 Å². The Morgan fingerprint density at radius 1 is 1.15 bits per heavy atom. The molecule has 2 N–H and O–H groups in total. The van der Waals surface area contributed by atoms with Crippen molar-refractivity contribution in [2.45, 2.75) is 43.6 Å². The van der Waals surface area contributed by atoms with Crippen LogP contribution in [0.25, 0.3) is 0 Å². The Hall–Kier alpha value is -1.68. The third-order valence-electron chi connectivity index (χ3n) is 4.76. The Balaban J connectivity index is 2.04. The predicted molar refractivity (Wildman–Crippen MR) is 79.1 cm³/mol. The van der Waals surface area contributed by atoms with E-state index < -0.39 is 0 Å². The first kappa shape index (κ1) is 13.3. The van der Waals surface area contributed by atoms with Crippen LogP contribution in [-0.4, -0.2) is 15.0 Å². The van der Waals surface area contributed by atoms with Gasteiger partial charge in [-0.1, -0.05) is 54.8 Å². The summed E-state index contributed by atoms with van der Waals surface area (Å²) in [6.07, 6.45) is 7.89. The molecule has 0 radical (unpaired) electrons. The van der Waals surface area contributed by atoms with Gasteiger partial charge in [-0.15, -0.1) is 5.10 Å². The molecule has 1 aromatic heterocycles. The largest absolute Gasteiger partial charge is 0.322 e. The minimum atomic E-state index is -0.0507. The van der Waals surface area contributed by atoms with Gasteiger partial charge in [0.2, 0.25) is 0 Å². The highest BCUT2D eigenvalue weighted by atomic mass is 15.4. The van der Waals surface area contributed by atoms with Crippen LogP contribution in [0.15, 0.2) is 36.5 Å². The smallest absolute Gasteiger partial charge is 0.0760 e. The van der Waals surface area contributed by atoms with Gasteiger partial charge >= 0.3 is 0 Å². The Morgan fingerprint density at radius 2 is 1.85 bits per heavy atom. The summed E-state index contributed by atoms with van der Waals surface area (Å²) in [5.74, 6) is 0. The molecule has 4 heteroatoms. The van der Waals surface area contributed by atoms with E-state index in [1.807, 2.05) is 17.9 Å². The molecule has 20 heavy (non-hydrogen) atoms. The Kier molecular flexibility index (Phi) is 3.57. The lowest BCUT2D eigenvalue weighted by Gasteiger charge is -2.42. The molecule has 1 atom stereocenters. The van der Waals surface area contributed by atoms with Crippen LogP contribution in [0.3, 0.4) is 0 Å².